The molecule has 0 bridgehead atoms. The molecule has 176 valence electrons. The molecule has 8 heteroatoms. The second-order valence-corrected chi connectivity index (χ2v) is 9.48. The van der Waals surface area contributed by atoms with Crippen LogP contribution in [0.3, 0.4) is 0 Å². The fourth-order valence-corrected chi connectivity index (χ4v) is 5.52. The zero-order valence-corrected chi connectivity index (χ0v) is 20.6. The van der Waals surface area contributed by atoms with Crippen molar-refractivity contribution in [1.29, 1.82) is 0 Å². The van der Waals surface area contributed by atoms with E-state index in [2.05, 4.69) is 16.0 Å². The molecule has 0 aliphatic heterocycles. The third-order valence-electron chi connectivity index (χ3n) is 5.56. The minimum Gasteiger partial charge on any atom is -0.462 e. The molecular formula is C26H27N3O3S2. The molecule has 3 aromatic rings. The van der Waals surface area contributed by atoms with Gasteiger partial charge in [0, 0.05) is 22.7 Å². The van der Waals surface area contributed by atoms with Crippen LogP contribution in [0.15, 0.2) is 54.6 Å². The predicted octanol–water partition coefficient (Wildman–Crippen LogP) is 5.54. The van der Waals surface area contributed by atoms with Gasteiger partial charge in [-0.1, -0.05) is 36.4 Å². The molecule has 1 heterocycles. The molecule has 1 aliphatic rings. The topological polar surface area (TPSA) is 79.5 Å². The first-order valence-corrected chi connectivity index (χ1v) is 12.6. The minimum absolute atomic E-state index is 0.165. The van der Waals surface area contributed by atoms with Crippen molar-refractivity contribution in [2.24, 2.45) is 0 Å². The van der Waals surface area contributed by atoms with Gasteiger partial charge in [0.1, 0.15) is 5.00 Å². The molecular weight excluding hydrogens is 466 g/mol. The van der Waals surface area contributed by atoms with Crippen molar-refractivity contribution in [2.75, 3.05) is 17.2 Å². The molecule has 0 spiro atoms. The van der Waals surface area contributed by atoms with Crippen molar-refractivity contribution in [2.45, 2.75) is 39.2 Å². The highest BCUT2D eigenvalue weighted by atomic mass is 32.1. The van der Waals surface area contributed by atoms with Gasteiger partial charge in [-0.15, -0.1) is 11.3 Å². The molecule has 0 saturated heterocycles. The average molecular weight is 494 g/mol. The van der Waals surface area contributed by atoms with Crippen molar-refractivity contribution in [3.63, 3.8) is 0 Å². The van der Waals surface area contributed by atoms with Gasteiger partial charge in [0.15, 0.2) is 5.11 Å². The highest BCUT2D eigenvalue weighted by Gasteiger charge is 2.26. The first kappa shape index (κ1) is 23.9. The van der Waals surface area contributed by atoms with Gasteiger partial charge in [0.25, 0.3) is 5.91 Å². The number of amides is 1. The largest absolute Gasteiger partial charge is 0.462 e. The van der Waals surface area contributed by atoms with Gasteiger partial charge in [-0.05, 0) is 74.2 Å². The number of carbonyl (C=O) groups is 2. The second-order valence-electron chi connectivity index (χ2n) is 7.96. The maximum absolute atomic E-state index is 12.7. The van der Waals surface area contributed by atoms with E-state index in [4.69, 9.17) is 17.0 Å². The Kier molecular flexibility index (Phi) is 7.92. The smallest absolute Gasteiger partial charge is 0.341 e. The van der Waals surface area contributed by atoms with E-state index in [1.54, 1.807) is 36.5 Å². The summed E-state index contributed by atoms with van der Waals surface area (Å²) < 4.78 is 5.31. The highest BCUT2D eigenvalue weighted by molar-refractivity contribution is 7.80. The van der Waals surface area contributed by atoms with Crippen LogP contribution in [0.5, 0.6) is 0 Å². The Morgan fingerprint density at radius 2 is 1.82 bits per heavy atom. The fraction of sp³-hybridized carbons (Fsp3) is 0.269. The van der Waals surface area contributed by atoms with Crippen molar-refractivity contribution in [3.8, 4) is 0 Å². The lowest BCUT2D eigenvalue weighted by atomic mass is 9.95. The lowest BCUT2D eigenvalue weighted by Gasteiger charge is -2.13. The van der Waals surface area contributed by atoms with Gasteiger partial charge in [0.2, 0.25) is 0 Å². The Hall–Kier alpha value is -3.23. The fourth-order valence-electron chi connectivity index (χ4n) is 3.96. The summed E-state index contributed by atoms with van der Waals surface area (Å²) >= 11 is 7.09. The van der Waals surface area contributed by atoms with Crippen LogP contribution in [0.4, 0.5) is 10.7 Å². The SMILES string of the molecule is CCOC(=O)c1c(NC(=S)Nc2cccc(C(=O)NCc3ccccc3)c2)sc2c1CCCC2. The normalized spacial score (nSPS) is 12.4. The maximum atomic E-state index is 12.7. The third kappa shape index (κ3) is 5.81. The molecule has 1 amide bonds. The van der Waals surface area contributed by atoms with Crippen LogP contribution < -0.4 is 16.0 Å². The number of nitrogens with one attached hydrogen (secondary N) is 3. The van der Waals surface area contributed by atoms with Gasteiger partial charge in [-0.3, -0.25) is 4.79 Å². The van der Waals surface area contributed by atoms with E-state index in [9.17, 15) is 9.59 Å². The molecule has 0 unspecified atom stereocenters. The number of fused-ring (bicyclic) bond motifs is 1. The molecule has 1 aliphatic carbocycles. The van der Waals surface area contributed by atoms with Crippen LogP contribution >= 0.6 is 23.6 Å². The number of rotatable bonds is 7. The first-order chi connectivity index (χ1) is 16.5. The maximum Gasteiger partial charge on any atom is 0.341 e. The number of thiocarbonyl (C=S) groups is 1. The Labute approximate surface area is 208 Å². The number of thiophene rings is 1. The number of anilines is 2. The standard InChI is InChI=1S/C26H27N3O3S2/c1-2-32-25(31)22-20-13-6-7-14-21(20)34-24(22)29-26(33)28-19-12-8-11-18(15-19)23(30)27-16-17-9-4-3-5-10-17/h3-5,8-12,15H,2,6-7,13-14,16H2,1H3,(H,27,30)(H2,28,29,33). The van der Waals surface area contributed by atoms with E-state index in [-0.39, 0.29) is 11.9 Å². The molecule has 1 aromatic heterocycles. The zero-order valence-electron chi connectivity index (χ0n) is 19.0. The number of hydrogen-bond donors (Lipinski definition) is 3. The summed E-state index contributed by atoms with van der Waals surface area (Å²) in [5.74, 6) is -0.480. The number of esters is 1. The van der Waals surface area contributed by atoms with E-state index < -0.39 is 0 Å². The van der Waals surface area contributed by atoms with E-state index >= 15 is 0 Å². The molecule has 0 radical (unpaired) electrons. The third-order valence-corrected chi connectivity index (χ3v) is 6.97. The Morgan fingerprint density at radius 3 is 2.62 bits per heavy atom. The number of benzene rings is 2. The van der Waals surface area contributed by atoms with E-state index in [0.29, 0.717) is 40.1 Å². The minimum atomic E-state index is -0.315. The van der Waals surface area contributed by atoms with Crippen LogP contribution in [0.1, 0.15) is 56.5 Å². The predicted molar refractivity (Wildman–Crippen MR) is 141 cm³/mol. The Morgan fingerprint density at radius 1 is 1.03 bits per heavy atom. The van der Waals surface area contributed by atoms with Gasteiger partial charge in [-0.25, -0.2) is 4.79 Å². The summed E-state index contributed by atoms with van der Waals surface area (Å²) in [6.45, 7) is 2.58. The quantitative estimate of drug-likeness (QED) is 0.296. The summed E-state index contributed by atoms with van der Waals surface area (Å²) in [4.78, 5) is 26.5. The number of ether oxygens (including phenoxy) is 1. The van der Waals surface area contributed by atoms with Crippen molar-refractivity contribution in [1.82, 2.24) is 5.32 Å². The molecule has 0 atom stereocenters. The van der Waals surface area contributed by atoms with E-state index in [1.165, 1.54) is 4.88 Å². The van der Waals surface area contributed by atoms with Crippen LogP contribution in [0.25, 0.3) is 0 Å². The summed E-state index contributed by atoms with van der Waals surface area (Å²) in [5, 5.41) is 10.3. The van der Waals surface area contributed by atoms with Crippen molar-refractivity contribution < 1.29 is 14.3 Å². The molecule has 3 N–H and O–H groups in total. The van der Waals surface area contributed by atoms with Gasteiger partial charge >= 0.3 is 5.97 Å². The molecule has 0 fully saturated rings. The molecule has 2 aromatic carbocycles. The Bertz CT molecular complexity index is 1190. The number of hydrogen-bond acceptors (Lipinski definition) is 5. The van der Waals surface area contributed by atoms with Crippen molar-refractivity contribution >= 4 is 51.2 Å². The average Bonchev–Trinajstić information content (AvgIpc) is 3.21. The van der Waals surface area contributed by atoms with Crippen molar-refractivity contribution in [3.05, 3.63) is 81.7 Å². The van der Waals surface area contributed by atoms with E-state index in [0.717, 1.165) is 36.8 Å². The van der Waals surface area contributed by atoms with Crippen LogP contribution in [0.2, 0.25) is 0 Å². The second kappa shape index (κ2) is 11.3. The summed E-state index contributed by atoms with van der Waals surface area (Å²) in [5.41, 5.74) is 3.93. The van der Waals surface area contributed by atoms with Gasteiger partial charge < -0.3 is 20.7 Å². The first-order valence-electron chi connectivity index (χ1n) is 11.4. The zero-order chi connectivity index (χ0) is 23.9. The van der Waals surface area contributed by atoms with Crippen LogP contribution in [-0.2, 0) is 24.1 Å². The van der Waals surface area contributed by atoms with Gasteiger partial charge in [0.05, 0.1) is 12.2 Å². The van der Waals surface area contributed by atoms with Crippen LogP contribution in [0, 0.1) is 0 Å². The van der Waals surface area contributed by atoms with E-state index in [1.807, 2.05) is 36.4 Å². The molecule has 34 heavy (non-hydrogen) atoms. The number of aryl methyl sites for hydroxylation is 1. The highest BCUT2D eigenvalue weighted by Crippen LogP contribution is 2.38. The lowest BCUT2D eigenvalue weighted by molar-refractivity contribution is 0.0526. The lowest BCUT2D eigenvalue weighted by Crippen LogP contribution is -2.23. The number of carbonyl (C=O) groups excluding carboxylic acids is 2. The summed E-state index contributed by atoms with van der Waals surface area (Å²) in [6, 6.07) is 16.9. The van der Waals surface area contributed by atoms with Crippen LogP contribution in [-0.4, -0.2) is 23.6 Å². The molecule has 4 rings (SSSR count). The monoisotopic (exact) mass is 493 g/mol. The molecule has 0 saturated carbocycles. The Balaban J connectivity index is 1.43. The van der Waals surface area contributed by atoms with Gasteiger partial charge in [-0.2, -0.15) is 0 Å². The summed E-state index contributed by atoms with van der Waals surface area (Å²) in [7, 11) is 0. The molecule has 6 nitrogen and oxygen atoms in total. The summed E-state index contributed by atoms with van der Waals surface area (Å²) in [6.07, 6.45) is 4.03.